The van der Waals surface area contributed by atoms with Crippen molar-refractivity contribution in [2.75, 3.05) is 0 Å². The molecule has 4 aromatic rings. The molecule has 4 nitrogen and oxygen atoms in total. The number of aromatic amines is 1. The van der Waals surface area contributed by atoms with E-state index in [0.29, 0.717) is 11.3 Å². The molecule has 2 heterocycles. The van der Waals surface area contributed by atoms with Gasteiger partial charge in [0.2, 0.25) is 5.91 Å². The van der Waals surface area contributed by atoms with E-state index in [1.807, 2.05) is 31.2 Å². The molecule has 0 fully saturated rings. The lowest BCUT2D eigenvalue weighted by Crippen LogP contribution is -2.25. The Hall–Kier alpha value is -3.61. The first-order valence-electron chi connectivity index (χ1n) is 10.8. The van der Waals surface area contributed by atoms with E-state index in [-0.39, 0.29) is 18.9 Å². The normalized spacial score (nSPS) is 12.6. The second-order valence-corrected chi connectivity index (χ2v) is 7.92. The number of amides is 1. The summed E-state index contributed by atoms with van der Waals surface area (Å²) in [5, 5.41) is 3.75. The topological polar surface area (TPSA) is 57.8 Å². The molecule has 2 aromatic heterocycles. The zero-order valence-electron chi connectivity index (χ0n) is 18.1. The van der Waals surface area contributed by atoms with Crippen LogP contribution in [0.2, 0.25) is 0 Å². The number of benzene rings is 2. The van der Waals surface area contributed by atoms with E-state index < -0.39 is 17.7 Å². The van der Waals surface area contributed by atoms with E-state index in [1.54, 1.807) is 30.6 Å². The van der Waals surface area contributed by atoms with Gasteiger partial charge in [0.25, 0.3) is 0 Å². The van der Waals surface area contributed by atoms with Gasteiger partial charge in [-0.3, -0.25) is 9.78 Å². The van der Waals surface area contributed by atoms with Gasteiger partial charge in [-0.15, -0.1) is 0 Å². The zero-order chi connectivity index (χ0) is 23.4. The number of para-hydroxylation sites is 1. The summed E-state index contributed by atoms with van der Waals surface area (Å²) in [5.74, 6) is -0.805. The van der Waals surface area contributed by atoms with Crippen LogP contribution < -0.4 is 5.32 Å². The highest BCUT2D eigenvalue weighted by atomic mass is 19.4. The third kappa shape index (κ3) is 5.08. The lowest BCUT2D eigenvalue weighted by atomic mass is 9.86. The molecule has 0 saturated heterocycles. The number of aromatic nitrogens is 2. The molecule has 2 aromatic carbocycles. The van der Waals surface area contributed by atoms with Crippen molar-refractivity contribution in [3.8, 4) is 0 Å². The smallest absolute Gasteiger partial charge is 0.361 e. The standard InChI is InChI=1S/C26H24F3N3O/c1-2-17-7-6-11-21-23(16-32-25(17)21)22(18-8-5-9-19(13-18)26(27,28)29)14-24(33)31-15-20-10-3-4-12-30-20/h3-13,16,22,32H,2,14-15H2,1H3,(H,31,33)/t22-/m0/s1. The summed E-state index contributed by atoms with van der Waals surface area (Å²) < 4.78 is 40.2. The van der Waals surface area contributed by atoms with Gasteiger partial charge in [-0.25, -0.2) is 0 Å². The van der Waals surface area contributed by atoms with Crippen LogP contribution in [-0.2, 0) is 23.9 Å². The number of rotatable bonds is 7. The predicted molar refractivity (Wildman–Crippen MR) is 122 cm³/mol. The van der Waals surface area contributed by atoms with Crippen molar-refractivity contribution >= 4 is 16.8 Å². The van der Waals surface area contributed by atoms with E-state index in [0.717, 1.165) is 40.6 Å². The fourth-order valence-corrected chi connectivity index (χ4v) is 4.11. The Labute approximate surface area is 189 Å². The number of carbonyl (C=O) groups excluding carboxylic acids is 1. The highest BCUT2D eigenvalue weighted by Gasteiger charge is 2.32. The number of fused-ring (bicyclic) bond motifs is 1. The van der Waals surface area contributed by atoms with Crippen molar-refractivity contribution in [1.82, 2.24) is 15.3 Å². The minimum Gasteiger partial charge on any atom is -0.361 e. The lowest BCUT2D eigenvalue weighted by Gasteiger charge is -2.19. The molecule has 33 heavy (non-hydrogen) atoms. The van der Waals surface area contributed by atoms with Crippen molar-refractivity contribution in [1.29, 1.82) is 0 Å². The van der Waals surface area contributed by atoms with Gasteiger partial charge in [0.05, 0.1) is 17.8 Å². The van der Waals surface area contributed by atoms with E-state index >= 15 is 0 Å². The summed E-state index contributed by atoms with van der Waals surface area (Å²) in [7, 11) is 0. The van der Waals surface area contributed by atoms with Crippen LogP contribution in [0.3, 0.4) is 0 Å². The molecule has 7 heteroatoms. The average Bonchev–Trinajstić information content (AvgIpc) is 3.25. The predicted octanol–water partition coefficient (Wildman–Crippen LogP) is 5.98. The number of hydrogen-bond donors (Lipinski definition) is 2. The second kappa shape index (κ2) is 9.48. The molecule has 0 aliphatic rings. The maximum Gasteiger partial charge on any atom is 0.416 e. The fraction of sp³-hybridized carbons (Fsp3) is 0.231. The summed E-state index contributed by atoms with van der Waals surface area (Å²) >= 11 is 0. The first-order chi connectivity index (χ1) is 15.9. The summed E-state index contributed by atoms with van der Waals surface area (Å²) in [6, 6.07) is 16.5. The number of H-pyrrole nitrogens is 1. The molecule has 170 valence electrons. The molecule has 1 atom stereocenters. The molecular weight excluding hydrogens is 427 g/mol. The van der Waals surface area contributed by atoms with Crippen LogP contribution in [0.1, 0.15) is 47.2 Å². The molecule has 1 amide bonds. The molecule has 0 unspecified atom stereocenters. The maximum atomic E-state index is 13.4. The number of carbonyl (C=O) groups is 1. The Kier molecular flexibility index (Phi) is 6.49. The Bertz CT molecular complexity index is 1250. The largest absolute Gasteiger partial charge is 0.416 e. The lowest BCUT2D eigenvalue weighted by molar-refractivity contribution is -0.137. The van der Waals surface area contributed by atoms with Gasteiger partial charge in [0.1, 0.15) is 0 Å². The van der Waals surface area contributed by atoms with E-state index in [9.17, 15) is 18.0 Å². The van der Waals surface area contributed by atoms with Crippen molar-refractivity contribution in [3.63, 3.8) is 0 Å². The number of nitrogens with zero attached hydrogens (tertiary/aromatic N) is 1. The summed E-state index contributed by atoms with van der Waals surface area (Å²) in [4.78, 5) is 20.3. The Morgan fingerprint density at radius 1 is 1.09 bits per heavy atom. The zero-order valence-corrected chi connectivity index (χ0v) is 18.1. The number of nitrogens with one attached hydrogen (secondary N) is 2. The van der Waals surface area contributed by atoms with Crippen molar-refractivity contribution in [3.05, 3.63) is 101 Å². The summed E-state index contributed by atoms with van der Waals surface area (Å²) in [6.45, 7) is 2.30. The van der Waals surface area contributed by atoms with E-state index in [2.05, 4.69) is 15.3 Å². The molecule has 0 aliphatic carbocycles. The van der Waals surface area contributed by atoms with Crippen LogP contribution in [-0.4, -0.2) is 15.9 Å². The van der Waals surface area contributed by atoms with Crippen molar-refractivity contribution in [2.24, 2.45) is 0 Å². The molecule has 2 N–H and O–H groups in total. The van der Waals surface area contributed by atoms with Crippen molar-refractivity contribution in [2.45, 2.75) is 38.4 Å². The second-order valence-electron chi connectivity index (χ2n) is 7.92. The van der Waals surface area contributed by atoms with Gasteiger partial charge in [-0.2, -0.15) is 13.2 Å². The number of pyridine rings is 1. The maximum absolute atomic E-state index is 13.4. The first-order valence-corrected chi connectivity index (χ1v) is 10.8. The number of aryl methyl sites for hydroxylation is 1. The number of halogens is 3. The third-order valence-corrected chi connectivity index (χ3v) is 5.79. The third-order valence-electron chi connectivity index (χ3n) is 5.79. The minimum atomic E-state index is -4.46. The summed E-state index contributed by atoms with van der Waals surface area (Å²) in [5.41, 5.74) is 3.28. The van der Waals surface area contributed by atoms with Gasteiger partial charge in [-0.1, -0.05) is 49.4 Å². The van der Waals surface area contributed by atoms with Crippen LogP contribution >= 0.6 is 0 Å². The Morgan fingerprint density at radius 2 is 1.91 bits per heavy atom. The molecule has 4 rings (SSSR count). The van der Waals surface area contributed by atoms with Gasteiger partial charge in [-0.05, 0) is 41.3 Å². The molecule has 0 aliphatic heterocycles. The average molecular weight is 451 g/mol. The molecule has 0 saturated carbocycles. The fourth-order valence-electron chi connectivity index (χ4n) is 4.11. The highest BCUT2D eigenvalue weighted by Crippen LogP contribution is 2.37. The SMILES string of the molecule is CCc1cccc2c([C@@H](CC(=O)NCc3ccccn3)c3cccc(C(F)(F)F)c3)c[nH]c12. The van der Waals surface area contributed by atoms with Gasteiger partial charge in [0, 0.05) is 35.6 Å². The van der Waals surface area contributed by atoms with Crippen LogP contribution in [0.15, 0.2) is 73.1 Å². The quantitative estimate of drug-likeness (QED) is 0.363. The summed E-state index contributed by atoms with van der Waals surface area (Å²) in [6.07, 6.45) is -0.185. The minimum absolute atomic E-state index is 0.0114. The van der Waals surface area contributed by atoms with Gasteiger partial charge < -0.3 is 10.3 Å². The van der Waals surface area contributed by atoms with Crippen LogP contribution in [0, 0.1) is 0 Å². The Morgan fingerprint density at radius 3 is 2.64 bits per heavy atom. The van der Waals surface area contributed by atoms with E-state index in [1.165, 1.54) is 6.07 Å². The Balaban J connectivity index is 1.70. The van der Waals surface area contributed by atoms with Gasteiger partial charge in [0.15, 0.2) is 0 Å². The number of alkyl halides is 3. The van der Waals surface area contributed by atoms with E-state index in [4.69, 9.17) is 0 Å². The number of hydrogen-bond acceptors (Lipinski definition) is 2. The molecule has 0 bridgehead atoms. The molecular formula is C26H24F3N3O. The van der Waals surface area contributed by atoms with Crippen LogP contribution in [0.25, 0.3) is 10.9 Å². The van der Waals surface area contributed by atoms with Gasteiger partial charge >= 0.3 is 6.18 Å². The highest BCUT2D eigenvalue weighted by molar-refractivity contribution is 5.88. The monoisotopic (exact) mass is 451 g/mol. The first kappa shape index (κ1) is 22.6. The van der Waals surface area contributed by atoms with Crippen LogP contribution in [0.5, 0.6) is 0 Å². The van der Waals surface area contributed by atoms with Crippen molar-refractivity contribution < 1.29 is 18.0 Å². The molecule has 0 spiro atoms. The molecule has 0 radical (unpaired) electrons. The van der Waals surface area contributed by atoms with Crippen LogP contribution in [0.4, 0.5) is 13.2 Å².